The molecule has 0 aliphatic carbocycles. The van der Waals surface area contributed by atoms with Gasteiger partial charge >= 0.3 is 0 Å². The summed E-state index contributed by atoms with van der Waals surface area (Å²) in [5.74, 6) is 0.621. The number of hydrogen-bond acceptors (Lipinski definition) is 4. The van der Waals surface area contributed by atoms with Crippen LogP contribution in [0.1, 0.15) is 11.8 Å². The highest BCUT2D eigenvalue weighted by Gasteiger charge is 2.11. The number of ether oxygens (including phenoxy) is 1. The summed E-state index contributed by atoms with van der Waals surface area (Å²) >= 11 is 8.80. The van der Waals surface area contributed by atoms with Crippen LogP contribution in [0.4, 0.5) is 0 Å². The first-order chi connectivity index (χ1) is 11.1. The topological polar surface area (TPSA) is 43.6 Å². The first-order valence-electron chi connectivity index (χ1n) is 7.10. The van der Waals surface area contributed by atoms with Crippen molar-refractivity contribution in [2.45, 2.75) is 19.9 Å². The zero-order valence-corrected chi connectivity index (χ0v) is 15.1. The Bertz CT molecular complexity index is 924. The van der Waals surface area contributed by atoms with Gasteiger partial charge in [-0.2, -0.15) is 4.99 Å². The molecule has 0 spiro atoms. The van der Waals surface area contributed by atoms with Gasteiger partial charge in [-0.25, -0.2) is 0 Å². The predicted octanol–water partition coefficient (Wildman–Crippen LogP) is 4.12. The summed E-state index contributed by atoms with van der Waals surface area (Å²) in [7, 11) is 1.65. The smallest absolute Gasteiger partial charge is 0.253 e. The van der Waals surface area contributed by atoms with Crippen LogP contribution in [0.5, 0.6) is 5.75 Å². The van der Waals surface area contributed by atoms with E-state index in [4.69, 9.17) is 16.3 Å². The number of hydrogen-bond donors (Lipinski definition) is 0. The Morgan fingerprint density at radius 1 is 1.30 bits per heavy atom. The highest BCUT2D eigenvalue weighted by molar-refractivity contribution is 7.16. The molecule has 0 radical (unpaired) electrons. The highest BCUT2D eigenvalue weighted by atomic mass is 35.5. The molecule has 3 rings (SSSR count). The van der Waals surface area contributed by atoms with Crippen molar-refractivity contribution in [2.75, 3.05) is 7.11 Å². The summed E-state index contributed by atoms with van der Waals surface area (Å²) in [5.41, 5.74) is 0.980. The summed E-state index contributed by atoms with van der Waals surface area (Å²) in [6, 6.07) is 9.53. The van der Waals surface area contributed by atoms with Crippen molar-refractivity contribution in [3.8, 4) is 5.75 Å². The molecular weight excluding hydrogens is 352 g/mol. The summed E-state index contributed by atoms with van der Waals surface area (Å²) in [6.07, 6.45) is 0.270. The van der Waals surface area contributed by atoms with Crippen LogP contribution < -0.4 is 9.54 Å². The Kier molecular flexibility index (Phi) is 4.84. The Hall–Kier alpha value is -1.63. The molecule has 1 aromatic carbocycles. The van der Waals surface area contributed by atoms with Gasteiger partial charge in [0.25, 0.3) is 5.91 Å². The van der Waals surface area contributed by atoms with Crippen LogP contribution in [0, 0.1) is 0 Å². The molecule has 23 heavy (non-hydrogen) atoms. The molecule has 1 amide bonds. The van der Waals surface area contributed by atoms with E-state index in [1.165, 1.54) is 22.7 Å². The number of benzene rings is 1. The number of thiophene rings is 1. The summed E-state index contributed by atoms with van der Waals surface area (Å²) in [6.45, 7) is 2.75. The molecule has 0 aliphatic heterocycles. The van der Waals surface area contributed by atoms with E-state index < -0.39 is 0 Å². The minimum absolute atomic E-state index is 0.170. The van der Waals surface area contributed by atoms with Crippen molar-refractivity contribution in [1.29, 1.82) is 0 Å². The van der Waals surface area contributed by atoms with E-state index in [1.54, 1.807) is 13.2 Å². The SMILES string of the molecule is CCn1c(=NC(=O)Cc2ccc(Cl)s2)sc2cccc(OC)c21. The number of thiazole rings is 1. The second-order valence-corrected chi connectivity index (χ2v) is 7.63. The van der Waals surface area contributed by atoms with Gasteiger partial charge in [0, 0.05) is 11.4 Å². The van der Waals surface area contributed by atoms with Gasteiger partial charge in [-0.05, 0) is 31.2 Å². The predicted molar refractivity (Wildman–Crippen MR) is 95.6 cm³/mol. The van der Waals surface area contributed by atoms with Crippen molar-refractivity contribution in [3.05, 3.63) is 44.3 Å². The lowest BCUT2D eigenvalue weighted by atomic mass is 10.3. The molecule has 0 bridgehead atoms. The van der Waals surface area contributed by atoms with Crippen LogP contribution in [0.3, 0.4) is 0 Å². The minimum Gasteiger partial charge on any atom is -0.495 e. The van der Waals surface area contributed by atoms with E-state index in [2.05, 4.69) is 4.99 Å². The van der Waals surface area contributed by atoms with Crippen molar-refractivity contribution in [2.24, 2.45) is 4.99 Å². The molecule has 3 aromatic rings. The molecule has 0 saturated heterocycles. The zero-order valence-electron chi connectivity index (χ0n) is 12.7. The third-order valence-electron chi connectivity index (χ3n) is 3.37. The molecule has 0 atom stereocenters. The Balaban J connectivity index is 2.03. The number of methoxy groups -OCH3 is 1. The normalized spacial score (nSPS) is 12.0. The number of nitrogens with zero attached hydrogens (tertiary/aromatic N) is 2. The zero-order chi connectivity index (χ0) is 16.4. The van der Waals surface area contributed by atoms with Crippen LogP contribution in [-0.2, 0) is 17.8 Å². The van der Waals surface area contributed by atoms with Gasteiger partial charge < -0.3 is 9.30 Å². The van der Waals surface area contributed by atoms with E-state index in [9.17, 15) is 4.79 Å². The van der Waals surface area contributed by atoms with Crippen molar-refractivity contribution in [1.82, 2.24) is 4.57 Å². The van der Waals surface area contributed by atoms with Crippen LogP contribution in [0.2, 0.25) is 4.34 Å². The van der Waals surface area contributed by atoms with Gasteiger partial charge in [0.05, 0.1) is 22.6 Å². The lowest BCUT2D eigenvalue weighted by molar-refractivity contribution is -0.117. The standard InChI is InChI=1S/C16H15ClN2O2S2/c1-3-19-15-11(21-2)5-4-6-12(15)23-16(19)18-14(20)9-10-7-8-13(17)22-10/h4-8H,3,9H2,1-2H3. The molecule has 0 unspecified atom stereocenters. The number of para-hydroxylation sites is 1. The Labute approximate surface area is 146 Å². The van der Waals surface area contributed by atoms with E-state index in [0.717, 1.165) is 27.4 Å². The number of aromatic nitrogens is 1. The number of amides is 1. The van der Waals surface area contributed by atoms with Crippen LogP contribution in [0.15, 0.2) is 35.3 Å². The Morgan fingerprint density at radius 2 is 2.13 bits per heavy atom. The fraction of sp³-hybridized carbons (Fsp3) is 0.250. The molecule has 0 fully saturated rings. The maximum Gasteiger partial charge on any atom is 0.253 e. The third-order valence-corrected chi connectivity index (χ3v) is 5.65. The maximum atomic E-state index is 12.2. The summed E-state index contributed by atoms with van der Waals surface area (Å²) < 4.78 is 9.18. The lowest BCUT2D eigenvalue weighted by Gasteiger charge is -2.05. The first kappa shape index (κ1) is 16.2. The quantitative estimate of drug-likeness (QED) is 0.697. The number of aryl methyl sites for hydroxylation is 1. The number of carbonyl (C=O) groups is 1. The van der Waals surface area contributed by atoms with Crippen LogP contribution >= 0.6 is 34.3 Å². The number of halogens is 1. The summed E-state index contributed by atoms with van der Waals surface area (Å²) in [5, 5.41) is 0. The van der Waals surface area contributed by atoms with Gasteiger partial charge in [-0.3, -0.25) is 4.79 Å². The van der Waals surface area contributed by atoms with E-state index in [1.807, 2.05) is 35.8 Å². The molecule has 7 heteroatoms. The molecule has 0 aliphatic rings. The van der Waals surface area contributed by atoms with Gasteiger partial charge in [-0.15, -0.1) is 11.3 Å². The van der Waals surface area contributed by atoms with Crippen molar-refractivity contribution < 1.29 is 9.53 Å². The number of carbonyl (C=O) groups excluding carboxylic acids is 1. The Morgan fingerprint density at radius 3 is 2.78 bits per heavy atom. The van der Waals surface area contributed by atoms with Gasteiger partial charge in [-0.1, -0.05) is 29.0 Å². The van der Waals surface area contributed by atoms with E-state index >= 15 is 0 Å². The molecule has 2 heterocycles. The van der Waals surface area contributed by atoms with Gasteiger partial charge in [0.2, 0.25) is 0 Å². The molecule has 0 N–H and O–H groups in total. The van der Waals surface area contributed by atoms with E-state index in [0.29, 0.717) is 9.14 Å². The molecule has 4 nitrogen and oxygen atoms in total. The highest BCUT2D eigenvalue weighted by Crippen LogP contribution is 2.27. The number of fused-ring (bicyclic) bond motifs is 1. The van der Waals surface area contributed by atoms with Gasteiger partial charge in [0.1, 0.15) is 11.3 Å². The number of rotatable bonds is 4. The average molecular weight is 367 g/mol. The van der Waals surface area contributed by atoms with Crippen LogP contribution in [0.25, 0.3) is 10.2 Å². The van der Waals surface area contributed by atoms with Crippen molar-refractivity contribution in [3.63, 3.8) is 0 Å². The molecule has 120 valence electrons. The second-order valence-electron chi connectivity index (χ2n) is 4.82. The molecule has 2 aromatic heterocycles. The first-order valence-corrected chi connectivity index (χ1v) is 9.11. The largest absolute Gasteiger partial charge is 0.495 e. The minimum atomic E-state index is -0.170. The fourth-order valence-electron chi connectivity index (χ4n) is 2.38. The third kappa shape index (κ3) is 3.34. The molecular formula is C16H15ClN2O2S2. The van der Waals surface area contributed by atoms with Crippen molar-refractivity contribution >= 4 is 50.4 Å². The van der Waals surface area contributed by atoms with Crippen LogP contribution in [-0.4, -0.2) is 17.6 Å². The second kappa shape index (κ2) is 6.86. The lowest BCUT2D eigenvalue weighted by Crippen LogP contribution is -2.16. The summed E-state index contributed by atoms with van der Waals surface area (Å²) in [4.78, 5) is 18.2. The fourth-order valence-corrected chi connectivity index (χ4v) is 4.59. The monoisotopic (exact) mass is 366 g/mol. The van der Waals surface area contributed by atoms with E-state index in [-0.39, 0.29) is 12.3 Å². The average Bonchev–Trinajstić information content (AvgIpc) is 3.09. The van der Waals surface area contributed by atoms with Gasteiger partial charge in [0.15, 0.2) is 4.80 Å². The maximum absolute atomic E-state index is 12.2. The molecule has 0 saturated carbocycles.